The number of carbonyl (C=O) groups is 4. The van der Waals surface area contributed by atoms with Gasteiger partial charge in [0.1, 0.15) is 6.61 Å². The van der Waals surface area contributed by atoms with Crippen LogP contribution in [-0.4, -0.2) is 76.1 Å². The molecular weight excluding hydrogens is 743 g/mol. The molecule has 13 nitrogen and oxygen atoms in total. The fourth-order valence-electron chi connectivity index (χ4n) is 5.31. The van der Waals surface area contributed by atoms with Gasteiger partial charge in [0.25, 0.3) is 10.1 Å². The molecule has 0 unspecified atom stereocenters. The van der Waals surface area contributed by atoms with Gasteiger partial charge in [0.15, 0.2) is 24.4 Å². The van der Waals surface area contributed by atoms with E-state index in [1.165, 1.54) is 48.5 Å². The Hall–Kier alpha value is -6.19. The summed E-state index contributed by atoms with van der Waals surface area (Å²) in [7, 11) is -4.41. The van der Waals surface area contributed by atoms with Crippen molar-refractivity contribution >= 4 is 34.0 Å². The number of benzene rings is 5. The van der Waals surface area contributed by atoms with Crippen LogP contribution in [0.2, 0.25) is 0 Å². The van der Waals surface area contributed by atoms with Crippen LogP contribution in [0.25, 0.3) is 0 Å². The average molecular weight is 782 g/mol. The zero-order valence-corrected chi connectivity index (χ0v) is 31.0. The Balaban J connectivity index is 1.59. The van der Waals surface area contributed by atoms with Crippen molar-refractivity contribution in [3.63, 3.8) is 0 Å². The van der Waals surface area contributed by atoms with E-state index in [0.717, 1.165) is 11.8 Å². The van der Waals surface area contributed by atoms with Gasteiger partial charge in [-0.25, -0.2) is 19.2 Å². The SMILES string of the molecule is CS(=O)(=O)O[C@H](COC(=O)c1ccccc1)[C@@H](OC(=O)c1ccccc1)[C@H](OC(=O)c1ccccc1)[C@H](CNOCc1ccccc1)OC(=O)c1ccccc1. The Kier molecular flexibility index (Phi) is 15.0. The quantitative estimate of drug-likeness (QED) is 0.0362. The lowest BCUT2D eigenvalue weighted by atomic mass is 10.0. The molecule has 5 aromatic carbocycles. The molecule has 0 aliphatic rings. The minimum absolute atomic E-state index is 0.0344. The van der Waals surface area contributed by atoms with Crippen molar-refractivity contribution < 1.29 is 55.6 Å². The van der Waals surface area contributed by atoms with Crippen molar-refractivity contribution in [2.24, 2.45) is 0 Å². The van der Waals surface area contributed by atoms with Crippen molar-refractivity contribution in [2.45, 2.75) is 31.0 Å². The molecule has 290 valence electrons. The van der Waals surface area contributed by atoms with Gasteiger partial charge in [0, 0.05) is 0 Å². The highest BCUT2D eigenvalue weighted by Crippen LogP contribution is 2.24. The van der Waals surface area contributed by atoms with Gasteiger partial charge in [-0.2, -0.15) is 13.9 Å². The van der Waals surface area contributed by atoms with E-state index in [9.17, 15) is 27.6 Å². The fraction of sp³-hybridized carbons (Fsp3) is 0.190. The van der Waals surface area contributed by atoms with Gasteiger partial charge in [-0.1, -0.05) is 103 Å². The third-order valence-electron chi connectivity index (χ3n) is 7.98. The maximum Gasteiger partial charge on any atom is 0.338 e. The van der Waals surface area contributed by atoms with Crippen LogP contribution in [-0.2, 0) is 44.7 Å². The van der Waals surface area contributed by atoms with E-state index in [1.54, 1.807) is 72.8 Å². The molecule has 1 N–H and O–H groups in total. The number of hydroxylamine groups is 1. The van der Waals surface area contributed by atoms with Crippen molar-refractivity contribution in [1.29, 1.82) is 0 Å². The van der Waals surface area contributed by atoms with Gasteiger partial charge in [-0.3, -0.25) is 9.02 Å². The maximum absolute atomic E-state index is 13.9. The molecule has 14 heteroatoms. The average Bonchev–Trinajstić information content (AvgIpc) is 3.22. The summed E-state index contributed by atoms with van der Waals surface area (Å²) in [6, 6.07) is 40.3. The molecule has 4 atom stereocenters. The number of nitrogens with one attached hydrogen (secondary N) is 1. The van der Waals surface area contributed by atoms with Crippen LogP contribution < -0.4 is 5.48 Å². The zero-order chi connectivity index (χ0) is 39.8. The van der Waals surface area contributed by atoms with Crippen LogP contribution in [0.1, 0.15) is 47.0 Å². The van der Waals surface area contributed by atoms with E-state index in [2.05, 4.69) is 5.48 Å². The molecule has 0 aliphatic heterocycles. The topological polar surface area (TPSA) is 170 Å². The number of esters is 4. The van der Waals surface area contributed by atoms with E-state index in [4.69, 9.17) is 28.0 Å². The van der Waals surface area contributed by atoms with E-state index >= 15 is 0 Å². The molecule has 5 rings (SSSR count). The number of hydrogen-bond donors (Lipinski definition) is 1. The number of rotatable bonds is 19. The summed E-state index contributed by atoms with van der Waals surface area (Å²) in [5, 5.41) is 0. The van der Waals surface area contributed by atoms with Crippen molar-refractivity contribution in [2.75, 3.05) is 19.4 Å². The van der Waals surface area contributed by atoms with Crippen molar-refractivity contribution in [1.82, 2.24) is 5.48 Å². The van der Waals surface area contributed by atoms with Crippen molar-refractivity contribution in [3.8, 4) is 0 Å². The van der Waals surface area contributed by atoms with E-state index in [0.29, 0.717) is 0 Å². The lowest BCUT2D eigenvalue weighted by Gasteiger charge is -2.35. The standard InChI is InChI=1S/C42H39NO12S/c1-56(48,49)55-36(29-50-39(44)31-19-9-3-10-20-31)38(54-42(47)34-25-15-6-16-26-34)37(53-41(46)33-23-13-5-14-24-33)35(52-40(45)32-21-11-4-12-22-32)27-43-51-28-30-17-7-2-8-18-30/h2-26,35-38,43H,27-29H2,1H3/t35-,36+,37+,38+/m0/s1. The molecule has 0 saturated heterocycles. The van der Waals surface area contributed by atoms with Gasteiger partial charge in [0.05, 0.1) is 41.7 Å². The predicted molar refractivity (Wildman–Crippen MR) is 203 cm³/mol. The summed E-state index contributed by atoms with van der Waals surface area (Å²) >= 11 is 0. The third kappa shape index (κ3) is 12.7. The molecule has 0 radical (unpaired) electrons. The highest BCUT2D eigenvalue weighted by atomic mass is 32.2. The summed E-state index contributed by atoms with van der Waals surface area (Å²) in [5.41, 5.74) is 3.86. The van der Waals surface area contributed by atoms with Crippen LogP contribution in [0.3, 0.4) is 0 Å². The molecule has 0 spiro atoms. The van der Waals surface area contributed by atoms with Crippen LogP contribution in [0.5, 0.6) is 0 Å². The Morgan fingerprint density at radius 1 is 0.518 bits per heavy atom. The molecule has 0 aromatic heterocycles. The second-order valence-electron chi connectivity index (χ2n) is 12.2. The van der Waals surface area contributed by atoms with Crippen LogP contribution >= 0.6 is 0 Å². The van der Waals surface area contributed by atoms with Gasteiger partial charge in [-0.15, -0.1) is 0 Å². The van der Waals surface area contributed by atoms with E-state index in [-0.39, 0.29) is 28.9 Å². The van der Waals surface area contributed by atoms with Gasteiger partial charge in [-0.05, 0) is 54.1 Å². The van der Waals surface area contributed by atoms with Crippen LogP contribution in [0, 0.1) is 0 Å². The smallest absolute Gasteiger partial charge is 0.338 e. The van der Waals surface area contributed by atoms with Crippen LogP contribution in [0.4, 0.5) is 0 Å². The molecule has 0 amide bonds. The highest BCUT2D eigenvalue weighted by Gasteiger charge is 2.45. The molecular formula is C42H39NO12S. The van der Waals surface area contributed by atoms with E-state index < -0.39 is 71.6 Å². The molecule has 0 heterocycles. The first-order valence-corrected chi connectivity index (χ1v) is 19.2. The lowest BCUT2D eigenvalue weighted by molar-refractivity contribution is -0.128. The first-order chi connectivity index (χ1) is 27.1. The third-order valence-corrected chi connectivity index (χ3v) is 8.58. The van der Waals surface area contributed by atoms with Crippen molar-refractivity contribution in [3.05, 3.63) is 179 Å². The highest BCUT2D eigenvalue weighted by molar-refractivity contribution is 7.86. The first-order valence-electron chi connectivity index (χ1n) is 17.3. The van der Waals surface area contributed by atoms with Gasteiger partial charge in [0.2, 0.25) is 0 Å². The molecule has 0 saturated carbocycles. The molecule has 0 bridgehead atoms. The predicted octanol–water partition coefficient (Wildman–Crippen LogP) is 5.59. The zero-order valence-electron chi connectivity index (χ0n) is 30.2. The number of hydrogen-bond acceptors (Lipinski definition) is 13. The van der Waals surface area contributed by atoms with Crippen LogP contribution in [0.15, 0.2) is 152 Å². The van der Waals surface area contributed by atoms with Gasteiger partial charge < -0.3 is 18.9 Å². The number of carbonyl (C=O) groups excluding carboxylic acids is 4. The minimum atomic E-state index is -4.41. The second-order valence-corrected chi connectivity index (χ2v) is 13.8. The molecule has 0 fully saturated rings. The van der Waals surface area contributed by atoms with E-state index in [1.807, 2.05) is 30.3 Å². The monoisotopic (exact) mass is 781 g/mol. The summed E-state index contributed by atoms with van der Waals surface area (Å²) in [4.78, 5) is 60.1. The summed E-state index contributed by atoms with van der Waals surface area (Å²) in [6.07, 6.45) is -6.44. The van der Waals surface area contributed by atoms with Gasteiger partial charge >= 0.3 is 23.9 Å². The lowest BCUT2D eigenvalue weighted by Crippen LogP contribution is -2.55. The molecule has 56 heavy (non-hydrogen) atoms. The largest absolute Gasteiger partial charge is 0.459 e. The molecule has 5 aromatic rings. The first kappa shape index (κ1) is 41.0. The minimum Gasteiger partial charge on any atom is -0.459 e. The summed E-state index contributed by atoms with van der Waals surface area (Å²) in [5.74, 6) is -3.68. The molecule has 0 aliphatic carbocycles. The second kappa shape index (κ2) is 20.5. The summed E-state index contributed by atoms with van der Waals surface area (Å²) in [6.45, 7) is -1.16. The normalized spacial score (nSPS) is 13.3. The Morgan fingerprint density at radius 2 is 0.893 bits per heavy atom. The fourth-order valence-corrected chi connectivity index (χ4v) is 5.93. The Labute approximate surface area is 324 Å². The summed E-state index contributed by atoms with van der Waals surface area (Å²) < 4.78 is 54.6. The maximum atomic E-state index is 13.9. The Bertz CT molecular complexity index is 2120. The Morgan fingerprint density at radius 3 is 1.32 bits per heavy atom. The number of ether oxygens (including phenoxy) is 4.